The van der Waals surface area contributed by atoms with Crippen molar-refractivity contribution in [2.75, 3.05) is 12.3 Å². The van der Waals surface area contributed by atoms with Gasteiger partial charge in [0.2, 0.25) is 5.91 Å². The van der Waals surface area contributed by atoms with E-state index in [1.807, 2.05) is 0 Å². The van der Waals surface area contributed by atoms with Crippen LogP contribution in [0.15, 0.2) is 29.2 Å². The van der Waals surface area contributed by atoms with Crippen LogP contribution in [0.2, 0.25) is 5.02 Å². The number of hydrogen-bond donors (Lipinski definition) is 2. The molecule has 7 heteroatoms. The quantitative estimate of drug-likeness (QED) is 0.825. The van der Waals surface area contributed by atoms with Crippen LogP contribution in [0.1, 0.15) is 32.1 Å². The number of rotatable bonds is 6. The molecule has 0 heterocycles. The van der Waals surface area contributed by atoms with Crippen molar-refractivity contribution in [3.63, 3.8) is 0 Å². The van der Waals surface area contributed by atoms with Gasteiger partial charge in [0.25, 0.3) is 0 Å². The molecule has 0 atom stereocenters. The summed E-state index contributed by atoms with van der Waals surface area (Å²) in [6.45, 7) is 0.179. The minimum absolute atomic E-state index is 0.0406. The Morgan fingerprint density at radius 2 is 1.91 bits per heavy atom. The van der Waals surface area contributed by atoms with Crippen LogP contribution in [0.25, 0.3) is 0 Å². The van der Waals surface area contributed by atoms with Gasteiger partial charge in [-0.15, -0.1) is 0 Å². The van der Waals surface area contributed by atoms with Crippen LogP contribution in [0, 0.1) is 0 Å². The monoisotopic (exact) mass is 345 g/mol. The lowest BCUT2D eigenvalue weighted by Gasteiger charge is -2.22. The Morgan fingerprint density at radius 3 is 2.55 bits per heavy atom. The fraction of sp³-hybridized carbons (Fsp3) is 0.533. The van der Waals surface area contributed by atoms with Crippen LogP contribution in [-0.4, -0.2) is 37.3 Å². The SMILES string of the molecule is O=C(CCS(=O)(=O)c1ccccc1Cl)NCC1(O)CCCC1. The van der Waals surface area contributed by atoms with Crippen LogP contribution >= 0.6 is 11.6 Å². The molecular weight excluding hydrogens is 326 g/mol. The fourth-order valence-corrected chi connectivity index (χ4v) is 4.41. The van der Waals surface area contributed by atoms with Crippen molar-refractivity contribution in [3.05, 3.63) is 29.3 Å². The minimum atomic E-state index is -3.59. The van der Waals surface area contributed by atoms with E-state index in [-0.39, 0.29) is 34.5 Å². The lowest BCUT2D eigenvalue weighted by molar-refractivity contribution is -0.121. The van der Waals surface area contributed by atoms with E-state index in [1.54, 1.807) is 12.1 Å². The zero-order chi connectivity index (χ0) is 16.2. The topological polar surface area (TPSA) is 83.5 Å². The number of carbonyl (C=O) groups excluding carboxylic acids is 1. The smallest absolute Gasteiger partial charge is 0.221 e. The Morgan fingerprint density at radius 1 is 1.27 bits per heavy atom. The van der Waals surface area contributed by atoms with Crippen molar-refractivity contribution in [2.24, 2.45) is 0 Å². The summed E-state index contributed by atoms with van der Waals surface area (Å²) in [6, 6.07) is 6.17. The van der Waals surface area contributed by atoms with Gasteiger partial charge < -0.3 is 10.4 Å². The maximum atomic E-state index is 12.2. The molecule has 2 rings (SSSR count). The second-order valence-electron chi connectivity index (χ2n) is 5.71. The van der Waals surface area contributed by atoms with Crippen LogP contribution in [0.5, 0.6) is 0 Å². The Bertz CT molecular complexity index is 639. The average Bonchev–Trinajstić information content (AvgIpc) is 2.91. The van der Waals surface area contributed by atoms with Gasteiger partial charge >= 0.3 is 0 Å². The molecule has 1 aromatic rings. The van der Waals surface area contributed by atoms with Gasteiger partial charge in [-0.05, 0) is 25.0 Å². The summed E-state index contributed by atoms with van der Waals surface area (Å²) in [5, 5.41) is 12.9. The predicted octanol–water partition coefficient (Wildman–Crippen LogP) is 1.93. The van der Waals surface area contributed by atoms with Crippen LogP contribution in [0.4, 0.5) is 0 Å². The van der Waals surface area contributed by atoms with Crippen molar-refractivity contribution in [2.45, 2.75) is 42.6 Å². The highest BCUT2D eigenvalue weighted by Crippen LogP contribution is 2.28. The number of sulfone groups is 1. The second-order valence-corrected chi connectivity index (χ2v) is 8.19. The first-order valence-corrected chi connectivity index (χ1v) is 9.32. The minimum Gasteiger partial charge on any atom is -0.388 e. The number of carbonyl (C=O) groups is 1. The summed E-state index contributed by atoms with van der Waals surface area (Å²) in [7, 11) is -3.59. The van der Waals surface area contributed by atoms with Gasteiger partial charge in [-0.1, -0.05) is 36.6 Å². The molecule has 0 saturated heterocycles. The summed E-state index contributed by atoms with van der Waals surface area (Å²) < 4.78 is 24.3. The molecule has 22 heavy (non-hydrogen) atoms. The summed E-state index contributed by atoms with van der Waals surface area (Å²) in [6.07, 6.45) is 3.10. The van der Waals surface area contributed by atoms with Gasteiger partial charge in [-0.25, -0.2) is 8.42 Å². The highest BCUT2D eigenvalue weighted by molar-refractivity contribution is 7.91. The molecule has 1 aliphatic carbocycles. The first kappa shape index (κ1) is 17.2. The van der Waals surface area contributed by atoms with E-state index in [1.165, 1.54) is 12.1 Å². The van der Waals surface area contributed by atoms with Crippen LogP contribution < -0.4 is 5.32 Å². The molecule has 0 radical (unpaired) electrons. The highest BCUT2D eigenvalue weighted by atomic mass is 35.5. The lowest BCUT2D eigenvalue weighted by atomic mass is 10.0. The Labute approximate surface area is 135 Å². The Kier molecular flexibility index (Phi) is 5.47. The van der Waals surface area contributed by atoms with Crippen LogP contribution in [-0.2, 0) is 14.6 Å². The summed E-state index contributed by atoms with van der Waals surface area (Å²) >= 11 is 5.88. The number of amides is 1. The molecule has 0 aliphatic heterocycles. The average molecular weight is 346 g/mol. The number of benzene rings is 1. The molecule has 122 valence electrons. The van der Waals surface area contributed by atoms with Gasteiger partial charge in [0.15, 0.2) is 9.84 Å². The molecular formula is C15H20ClNO4S. The largest absolute Gasteiger partial charge is 0.388 e. The molecule has 2 N–H and O–H groups in total. The Balaban J connectivity index is 1.86. The molecule has 1 aliphatic rings. The third kappa shape index (κ3) is 4.44. The number of hydrogen-bond acceptors (Lipinski definition) is 4. The number of halogens is 1. The van der Waals surface area contributed by atoms with Crippen molar-refractivity contribution < 1.29 is 18.3 Å². The van der Waals surface area contributed by atoms with E-state index in [0.29, 0.717) is 12.8 Å². The van der Waals surface area contributed by atoms with E-state index in [4.69, 9.17) is 11.6 Å². The standard InChI is InChI=1S/C15H20ClNO4S/c16-12-5-1-2-6-13(12)22(20,21)10-7-14(18)17-11-15(19)8-3-4-9-15/h1-2,5-6,19H,3-4,7-11H2,(H,17,18). The van der Waals surface area contributed by atoms with Gasteiger partial charge in [0.05, 0.1) is 21.3 Å². The normalized spacial score (nSPS) is 17.4. The molecule has 0 unspecified atom stereocenters. The number of aliphatic hydroxyl groups is 1. The van der Waals surface area contributed by atoms with E-state index in [2.05, 4.69) is 5.32 Å². The third-order valence-corrected chi connectivity index (χ3v) is 6.13. The van der Waals surface area contributed by atoms with Gasteiger partial charge in [-0.2, -0.15) is 0 Å². The highest BCUT2D eigenvalue weighted by Gasteiger charge is 2.31. The zero-order valence-corrected chi connectivity index (χ0v) is 13.8. The predicted molar refractivity (Wildman–Crippen MR) is 84.5 cm³/mol. The number of nitrogens with one attached hydrogen (secondary N) is 1. The summed E-state index contributed by atoms with van der Waals surface area (Å²) in [5.74, 6) is -0.683. The van der Waals surface area contributed by atoms with E-state index in [0.717, 1.165) is 12.8 Å². The van der Waals surface area contributed by atoms with Crippen molar-refractivity contribution in [3.8, 4) is 0 Å². The molecule has 0 bridgehead atoms. The third-order valence-electron chi connectivity index (χ3n) is 3.92. The maximum absolute atomic E-state index is 12.2. The van der Waals surface area contributed by atoms with Gasteiger partial charge in [0.1, 0.15) is 0 Å². The molecule has 1 aromatic carbocycles. The molecule has 0 aromatic heterocycles. The van der Waals surface area contributed by atoms with Gasteiger partial charge in [0, 0.05) is 13.0 Å². The van der Waals surface area contributed by atoms with Crippen molar-refractivity contribution in [1.82, 2.24) is 5.32 Å². The first-order valence-electron chi connectivity index (χ1n) is 7.29. The van der Waals surface area contributed by atoms with Crippen molar-refractivity contribution in [1.29, 1.82) is 0 Å². The van der Waals surface area contributed by atoms with Crippen molar-refractivity contribution >= 4 is 27.3 Å². The lowest BCUT2D eigenvalue weighted by Crippen LogP contribution is -2.41. The fourth-order valence-electron chi connectivity index (χ4n) is 2.60. The second kappa shape index (κ2) is 6.98. The molecule has 1 amide bonds. The zero-order valence-electron chi connectivity index (χ0n) is 12.2. The molecule has 1 fully saturated rings. The van der Waals surface area contributed by atoms with E-state index >= 15 is 0 Å². The van der Waals surface area contributed by atoms with Gasteiger partial charge in [-0.3, -0.25) is 4.79 Å². The van der Waals surface area contributed by atoms with Crippen LogP contribution in [0.3, 0.4) is 0 Å². The Hall–Kier alpha value is -1.11. The first-order chi connectivity index (χ1) is 10.3. The molecule has 0 spiro atoms. The van der Waals surface area contributed by atoms with E-state index in [9.17, 15) is 18.3 Å². The molecule has 5 nitrogen and oxygen atoms in total. The van der Waals surface area contributed by atoms with E-state index < -0.39 is 15.4 Å². The summed E-state index contributed by atoms with van der Waals surface area (Å²) in [4.78, 5) is 11.8. The summed E-state index contributed by atoms with van der Waals surface area (Å²) in [5.41, 5.74) is -0.836. The molecule has 1 saturated carbocycles. The maximum Gasteiger partial charge on any atom is 0.221 e.